The number of amides is 1. The second-order valence-corrected chi connectivity index (χ2v) is 5.10. The van der Waals surface area contributed by atoms with Gasteiger partial charge in [-0.1, -0.05) is 6.92 Å². The van der Waals surface area contributed by atoms with E-state index in [-0.39, 0.29) is 5.91 Å². The Labute approximate surface area is 90.4 Å². The van der Waals surface area contributed by atoms with E-state index in [1.807, 2.05) is 0 Å². The van der Waals surface area contributed by atoms with Crippen molar-refractivity contribution in [3.8, 4) is 0 Å². The predicted molar refractivity (Wildman–Crippen MR) is 61.6 cm³/mol. The molecule has 1 saturated carbocycles. The van der Waals surface area contributed by atoms with Crippen LogP contribution >= 0.6 is 11.8 Å². The zero-order valence-corrected chi connectivity index (χ0v) is 9.82. The number of hydrogen-bond donors (Lipinski definition) is 2. The van der Waals surface area contributed by atoms with Gasteiger partial charge in [0.2, 0.25) is 5.91 Å². The van der Waals surface area contributed by atoms with E-state index in [1.165, 1.54) is 12.8 Å². The van der Waals surface area contributed by atoms with Crippen LogP contribution in [0.25, 0.3) is 0 Å². The molecule has 1 atom stereocenters. The van der Waals surface area contributed by atoms with Crippen molar-refractivity contribution in [2.45, 2.75) is 37.5 Å². The molecule has 1 aliphatic carbocycles. The van der Waals surface area contributed by atoms with E-state index in [1.54, 1.807) is 11.8 Å². The summed E-state index contributed by atoms with van der Waals surface area (Å²) in [6.45, 7) is 3.72. The van der Waals surface area contributed by atoms with Crippen molar-refractivity contribution in [1.82, 2.24) is 10.6 Å². The molecule has 0 saturated heterocycles. The van der Waals surface area contributed by atoms with Gasteiger partial charge >= 0.3 is 0 Å². The third kappa shape index (κ3) is 5.50. The van der Waals surface area contributed by atoms with E-state index in [9.17, 15) is 4.79 Å². The summed E-state index contributed by atoms with van der Waals surface area (Å²) >= 11 is 1.78. The monoisotopic (exact) mass is 216 g/mol. The maximum Gasteiger partial charge on any atom is 0.221 e. The van der Waals surface area contributed by atoms with Crippen molar-refractivity contribution >= 4 is 17.7 Å². The molecule has 3 nitrogen and oxygen atoms in total. The van der Waals surface area contributed by atoms with Gasteiger partial charge in [-0.25, -0.2) is 0 Å². The van der Waals surface area contributed by atoms with Crippen LogP contribution in [0.5, 0.6) is 0 Å². The van der Waals surface area contributed by atoms with E-state index in [2.05, 4.69) is 23.8 Å². The molecule has 1 fully saturated rings. The fraction of sp³-hybridized carbons (Fsp3) is 0.900. The Kier molecular flexibility index (Phi) is 5.33. The molecule has 0 aromatic heterocycles. The summed E-state index contributed by atoms with van der Waals surface area (Å²) in [7, 11) is 0. The number of rotatable bonds is 7. The Morgan fingerprint density at radius 1 is 1.57 bits per heavy atom. The van der Waals surface area contributed by atoms with Crippen LogP contribution in [-0.2, 0) is 4.79 Å². The molecule has 0 aliphatic heterocycles. The van der Waals surface area contributed by atoms with E-state index >= 15 is 0 Å². The smallest absolute Gasteiger partial charge is 0.221 e. The lowest BCUT2D eigenvalue weighted by Gasteiger charge is -2.09. The van der Waals surface area contributed by atoms with Crippen LogP contribution in [0.3, 0.4) is 0 Å². The molecule has 2 N–H and O–H groups in total. The maximum atomic E-state index is 11.3. The molecule has 1 aliphatic rings. The van der Waals surface area contributed by atoms with Crippen LogP contribution in [-0.4, -0.2) is 36.5 Å². The molecule has 0 heterocycles. The van der Waals surface area contributed by atoms with Crippen LogP contribution in [0.15, 0.2) is 0 Å². The summed E-state index contributed by atoms with van der Waals surface area (Å²) in [5, 5.41) is 6.76. The molecule has 14 heavy (non-hydrogen) atoms. The van der Waals surface area contributed by atoms with E-state index in [4.69, 9.17) is 0 Å². The minimum atomic E-state index is 0.166. The van der Waals surface area contributed by atoms with Gasteiger partial charge in [0.05, 0.1) is 0 Å². The Morgan fingerprint density at radius 2 is 2.29 bits per heavy atom. The first-order valence-corrected chi connectivity index (χ1v) is 6.54. The first-order valence-electron chi connectivity index (χ1n) is 5.25. The molecular formula is C10H20N2OS. The van der Waals surface area contributed by atoms with E-state index in [0.29, 0.717) is 17.7 Å². The zero-order chi connectivity index (χ0) is 10.4. The number of carbonyl (C=O) groups excluding carboxylic acids is 1. The zero-order valence-electron chi connectivity index (χ0n) is 9.01. The summed E-state index contributed by atoms with van der Waals surface area (Å²) in [5.74, 6) is 0.166. The van der Waals surface area contributed by atoms with Crippen molar-refractivity contribution < 1.29 is 4.79 Å². The van der Waals surface area contributed by atoms with Crippen LogP contribution in [0.2, 0.25) is 0 Å². The van der Waals surface area contributed by atoms with Gasteiger partial charge in [-0.2, -0.15) is 11.8 Å². The molecule has 1 unspecified atom stereocenters. The predicted octanol–water partition coefficient (Wildman–Crippen LogP) is 0.996. The van der Waals surface area contributed by atoms with Crippen molar-refractivity contribution in [1.29, 1.82) is 0 Å². The van der Waals surface area contributed by atoms with Gasteiger partial charge in [0.15, 0.2) is 0 Å². The van der Waals surface area contributed by atoms with Gasteiger partial charge < -0.3 is 10.6 Å². The van der Waals surface area contributed by atoms with Crippen LogP contribution in [0.4, 0.5) is 0 Å². The average Bonchev–Trinajstić information content (AvgIpc) is 2.98. The highest BCUT2D eigenvalue weighted by atomic mass is 32.2. The summed E-state index contributed by atoms with van der Waals surface area (Å²) in [6.07, 6.45) is 5.24. The molecule has 0 aromatic rings. The Hall–Kier alpha value is -0.220. The van der Waals surface area contributed by atoms with Crippen molar-refractivity contribution in [2.24, 2.45) is 0 Å². The Balaban J connectivity index is 1.92. The lowest BCUT2D eigenvalue weighted by atomic mass is 10.3. The number of hydrogen-bond acceptors (Lipinski definition) is 3. The highest BCUT2D eigenvalue weighted by molar-refractivity contribution is 7.99. The molecule has 0 aromatic carbocycles. The number of nitrogens with one attached hydrogen (secondary N) is 2. The lowest BCUT2D eigenvalue weighted by molar-refractivity contribution is -0.120. The third-order valence-corrected chi connectivity index (χ3v) is 3.32. The SMILES string of the molecule is CSC(C)CNC(=O)CCNC1CC1. The minimum Gasteiger partial charge on any atom is -0.355 e. The highest BCUT2D eigenvalue weighted by Crippen LogP contribution is 2.18. The molecule has 1 rings (SSSR count). The van der Waals surface area contributed by atoms with Crippen LogP contribution in [0.1, 0.15) is 26.2 Å². The second kappa shape index (κ2) is 6.30. The Morgan fingerprint density at radius 3 is 2.86 bits per heavy atom. The van der Waals surface area contributed by atoms with Crippen LogP contribution in [0, 0.1) is 0 Å². The van der Waals surface area contributed by atoms with Gasteiger partial charge in [0.1, 0.15) is 0 Å². The minimum absolute atomic E-state index is 0.166. The molecule has 0 bridgehead atoms. The molecule has 0 spiro atoms. The largest absolute Gasteiger partial charge is 0.355 e. The van der Waals surface area contributed by atoms with E-state index < -0.39 is 0 Å². The molecular weight excluding hydrogens is 196 g/mol. The van der Waals surface area contributed by atoms with Crippen molar-refractivity contribution in [3.05, 3.63) is 0 Å². The average molecular weight is 216 g/mol. The quantitative estimate of drug-likeness (QED) is 0.667. The summed E-state index contributed by atoms with van der Waals surface area (Å²) in [4.78, 5) is 11.3. The standard InChI is InChI=1S/C10H20N2OS/c1-8(14-2)7-12-10(13)5-6-11-9-3-4-9/h8-9,11H,3-7H2,1-2H3,(H,12,13). The van der Waals surface area contributed by atoms with Gasteiger partial charge in [0.25, 0.3) is 0 Å². The summed E-state index contributed by atoms with van der Waals surface area (Å²) in [6, 6.07) is 0.702. The highest BCUT2D eigenvalue weighted by Gasteiger charge is 2.19. The number of carbonyl (C=O) groups is 1. The Bertz CT molecular complexity index is 183. The third-order valence-electron chi connectivity index (χ3n) is 2.35. The fourth-order valence-electron chi connectivity index (χ4n) is 1.11. The van der Waals surface area contributed by atoms with Gasteiger partial charge in [-0.05, 0) is 19.1 Å². The first kappa shape index (κ1) is 11.9. The lowest BCUT2D eigenvalue weighted by Crippen LogP contribution is -2.32. The molecule has 4 heteroatoms. The van der Waals surface area contributed by atoms with Crippen molar-refractivity contribution in [3.63, 3.8) is 0 Å². The fourth-order valence-corrected chi connectivity index (χ4v) is 1.36. The van der Waals surface area contributed by atoms with Gasteiger partial charge in [-0.3, -0.25) is 4.79 Å². The number of thioether (sulfide) groups is 1. The van der Waals surface area contributed by atoms with Gasteiger partial charge in [0, 0.05) is 30.8 Å². The maximum absolute atomic E-state index is 11.3. The molecule has 82 valence electrons. The van der Waals surface area contributed by atoms with E-state index in [0.717, 1.165) is 13.1 Å². The molecule has 0 radical (unpaired) electrons. The molecule has 1 amide bonds. The summed E-state index contributed by atoms with van der Waals surface area (Å²) in [5.41, 5.74) is 0. The topological polar surface area (TPSA) is 41.1 Å². The first-order chi connectivity index (χ1) is 6.72. The summed E-state index contributed by atoms with van der Waals surface area (Å²) < 4.78 is 0. The van der Waals surface area contributed by atoms with Crippen molar-refractivity contribution in [2.75, 3.05) is 19.3 Å². The van der Waals surface area contributed by atoms with Crippen LogP contribution < -0.4 is 10.6 Å². The normalized spacial score (nSPS) is 17.9. The van der Waals surface area contributed by atoms with Gasteiger partial charge in [-0.15, -0.1) is 0 Å². The second-order valence-electron chi connectivity index (χ2n) is 3.83.